The molecule has 0 aliphatic rings. The standard InChI is InChI=1S/C12H9N5O3/c18-8-3-6(12(19)20)1-2-7(8)17-11-9-10(14-4-13-9)15-5-16-11/h1-5,18H,(H,19,20)(H2,13,14,15,16,17). The molecule has 100 valence electrons. The number of aromatic carboxylic acids is 1. The number of phenolic OH excluding ortho intramolecular Hbond substituents is 1. The van der Waals surface area contributed by atoms with Crippen LogP contribution in [0, 0.1) is 0 Å². The van der Waals surface area contributed by atoms with Gasteiger partial charge in [0, 0.05) is 0 Å². The lowest BCUT2D eigenvalue weighted by Crippen LogP contribution is -1.99. The molecule has 0 saturated carbocycles. The van der Waals surface area contributed by atoms with E-state index >= 15 is 0 Å². The Bertz CT molecular complexity index is 799. The number of aromatic hydroxyl groups is 1. The fourth-order valence-corrected chi connectivity index (χ4v) is 1.76. The largest absolute Gasteiger partial charge is 0.506 e. The maximum atomic E-state index is 10.8. The molecule has 2 aromatic heterocycles. The second kappa shape index (κ2) is 4.50. The third kappa shape index (κ3) is 1.99. The highest BCUT2D eigenvalue weighted by Gasteiger charge is 2.10. The van der Waals surface area contributed by atoms with E-state index in [4.69, 9.17) is 5.11 Å². The molecule has 3 rings (SSSR count). The van der Waals surface area contributed by atoms with Gasteiger partial charge in [0.2, 0.25) is 0 Å². The van der Waals surface area contributed by atoms with Crippen LogP contribution in [0.25, 0.3) is 11.2 Å². The minimum Gasteiger partial charge on any atom is -0.506 e. The first-order valence-electron chi connectivity index (χ1n) is 5.62. The number of rotatable bonds is 3. The summed E-state index contributed by atoms with van der Waals surface area (Å²) in [6.45, 7) is 0. The van der Waals surface area contributed by atoms with E-state index in [2.05, 4.69) is 25.3 Å². The molecule has 0 atom stereocenters. The number of carboxylic acid groups (broad SMARTS) is 1. The lowest BCUT2D eigenvalue weighted by Gasteiger charge is -2.08. The lowest BCUT2D eigenvalue weighted by atomic mass is 10.2. The van der Waals surface area contributed by atoms with E-state index in [0.717, 1.165) is 6.07 Å². The SMILES string of the molecule is O=C(O)c1ccc(Nc2ncnc3nc[nH]c23)c(O)c1. The molecular weight excluding hydrogens is 262 g/mol. The fraction of sp³-hybridized carbons (Fsp3) is 0. The summed E-state index contributed by atoms with van der Waals surface area (Å²) < 4.78 is 0. The number of hydrogen-bond acceptors (Lipinski definition) is 6. The monoisotopic (exact) mass is 271 g/mol. The van der Waals surface area contributed by atoms with Gasteiger partial charge in [-0.15, -0.1) is 0 Å². The van der Waals surface area contributed by atoms with Crippen molar-refractivity contribution in [2.24, 2.45) is 0 Å². The Morgan fingerprint density at radius 3 is 2.85 bits per heavy atom. The maximum Gasteiger partial charge on any atom is 0.335 e. The highest BCUT2D eigenvalue weighted by Crippen LogP contribution is 2.28. The van der Waals surface area contributed by atoms with Crippen LogP contribution in [0.4, 0.5) is 11.5 Å². The van der Waals surface area contributed by atoms with Crippen molar-refractivity contribution in [3.63, 3.8) is 0 Å². The Morgan fingerprint density at radius 1 is 1.25 bits per heavy atom. The van der Waals surface area contributed by atoms with Crippen molar-refractivity contribution < 1.29 is 15.0 Å². The Hall–Kier alpha value is -3.16. The number of carbonyl (C=O) groups is 1. The van der Waals surface area contributed by atoms with E-state index in [0.29, 0.717) is 22.7 Å². The minimum atomic E-state index is -1.11. The van der Waals surface area contributed by atoms with Crippen LogP contribution in [0.15, 0.2) is 30.9 Å². The van der Waals surface area contributed by atoms with Crippen molar-refractivity contribution in [3.05, 3.63) is 36.4 Å². The second-order valence-corrected chi connectivity index (χ2v) is 3.99. The van der Waals surface area contributed by atoms with Crippen molar-refractivity contribution in [2.45, 2.75) is 0 Å². The molecule has 0 amide bonds. The normalized spacial score (nSPS) is 10.6. The van der Waals surface area contributed by atoms with Crippen LogP contribution in [0.2, 0.25) is 0 Å². The van der Waals surface area contributed by atoms with E-state index in [-0.39, 0.29) is 11.3 Å². The van der Waals surface area contributed by atoms with E-state index in [1.807, 2.05) is 0 Å². The number of aromatic nitrogens is 4. The summed E-state index contributed by atoms with van der Waals surface area (Å²) in [6, 6.07) is 4.01. The predicted octanol–water partition coefficient (Wildman–Crippen LogP) is 1.50. The molecule has 8 heteroatoms. The fourth-order valence-electron chi connectivity index (χ4n) is 1.76. The Labute approximate surface area is 112 Å². The first kappa shape index (κ1) is 11.9. The van der Waals surface area contributed by atoms with E-state index in [9.17, 15) is 9.90 Å². The van der Waals surface area contributed by atoms with E-state index in [1.54, 1.807) is 0 Å². The molecule has 2 heterocycles. The minimum absolute atomic E-state index is 0.00225. The number of fused-ring (bicyclic) bond motifs is 1. The van der Waals surface area contributed by atoms with Gasteiger partial charge in [0.15, 0.2) is 11.5 Å². The summed E-state index contributed by atoms with van der Waals surface area (Å²) in [6.07, 6.45) is 2.83. The van der Waals surface area contributed by atoms with Gasteiger partial charge in [-0.3, -0.25) is 0 Å². The van der Waals surface area contributed by atoms with Crippen molar-refractivity contribution in [3.8, 4) is 5.75 Å². The molecule has 0 saturated heterocycles. The van der Waals surface area contributed by atoms with Gasteiger partial charge in [0.25, 0.3) is 0 Å². The van der Waals surface area contributed by atoms with Crippen LogP contribution >= 0.6 is 0 Å². The van der Waals surface area contributed by atoms with Crippen LogP contribution in [-0.2, 0) is 0 Å². The first-order chi connectivity index (χ1) is 9.65. The van der Waals surface area contributed by atoms with Crippen LogP contribution in [0.3, 0.4) is 0 Å². The van der Waals surface area contributed by atoms with Crippen LogP contribution in [0.5, 0.6) is 5.75 Å². The predicted molar refractivity (Wildman–Crippen MR) is 70.0 cm³/mol. The molecule has 0 bridgehead atoms. The van der Waals surface area contributed by atoms with Crippen molar-refractivity contribution in [1.82, 2.24) is 19.9 Å². The maximum absolute atomic E-state index is 10.8. The molecule has 20 heavy (non-hydrogen) atoms. The Kier molecular flexibility index (Phi) is 2.68. The lowest BCUT2D eigenvalue weighted by molar-refractivity contribution is 0.0696. The average molecular weight is 271 g/mol. The summed E-state index contributed by atoms with van der Waals surface area (Å²) in [4.78, 5) is 25.7. The molecule has 3 aromatic rings. The van der Waals surface area contributed by atoms with Crippen molar-refractivity contribution >= 4 is 28.6 Å². The molecule has 0 aliphatic carbocycles. The smallest absolute Gasteiger partial charge is 0.335 e. The molecule has 0 radical (unpaired) electrons. The van der Waals surface area contributed by atoms with Gasteiger partial charge in [-0.2, -0.15) is 0 Å². The van der Waals surface area contributed by atoms with Crippen LogP contribution in [-0.4, -0.2) is 36.1 Å². The first-order valence-corrected chi connectivity index (χ1v) is 5.62. The summed E-state index contributed by atoms with van der Waals surface area (Å²) in [5.74, 6) is -0.855. The van der Waals surface area contributed by atoms with Gasteiger partial charge in [0.1, 0.15) is 17.6 Å². The third-order valence-electron chi connectivity index (χ3n) is 2.72. The number of nitrogens with one attached hydrogen (secondary N) is 2. The van der Waals surface area contributed by atoms with Gasteiger partial charge in [-0.05, 0) is 18.2 Å². The van der Waals surface area contributed by atoms with Crippen molar-refractivity contribution in [2.75, 3.05) is 5.32 Å². The number of hydrogen-bond donors (Lipinski definition) is 4. The number of aromatic amines is 1. The molecule has 0 aliphatic heterocycles. The quantitative estimate of drug-likeness (QED) is 0.532. The van der Waals surface area contributed by atoms with E-state index < -0.39 is 5.97 Å². The number of nitrogens with zero attached hydrogens (tertiary/aromatic N) is 3. The average Bonchev–Trinajstić information content (AvgIpc) is 2.90. The zero-order valence-corrected chi connectivity index (χ0v) is 10.0. The number of imidazole rings is 1. The number of H-pyrrole nitrogens is 1. The van der Waals surface area contributed by atoms with Crippen LogP contribution < -0.4 is 5.32 Å². The highest BCUT2D eigenvalue weighted by atomic mass is 16.4. The van der Waals surface area contributed by atoms with Crippen LogP contribution in [0.1, 0.15) is 10.4 Å². The van der Waals surface area contributed by atoms with Gasteiger partial charge >= 0.3 is 5.97 Å². The Balaban J connectivity index is 1.99. The summed E-state index contributed by atoms with van der Waals surface area (Å²) in [5, 5.41) is 21.6. The summed E-state index contributed by atoms with van der Waals surface area (Å²) >= 11 is 0. The number of benzene rings is 1. The molecular formula is C12H9N5O3. The molecule has 0 spiro atoms. The van der Waals surface area contributed by atoms with Crippen molar-refractivity contribution in [1.29, 1.82) is 0 Å². The number of carboxylic acids is 1. The van der Waals surface area contributed by atoms with Gasteiger partial charge in [-0.25, -0.2) is 19.7 Å². The molecule has 4 N–H and O–H groups in total. The van der Waals surface area contributed by atoms with E-state index in [1.165, 1.54) is 24.8 Å². The van der Waals surface area contributed by atoms with Gasteiger partial charge in [0.05, 0.1) is 17.6 Å². The molecule has 8 nitrogen and oxygen atoms in total. The topological polar surface area (TPSA) is 124 Å². The second-order valence-electron chi connectivity index (χ2n) is 3.99. The zero-order chi connectivity index (χ0) is 14.1. The Morgan fingerprint density at radius 2 is 2.10 bits per heavy atom. The molecule has 0 unspecified atom stereocenters. The number of phenols is 1. The summed E-state index contributed by atoms with van der Waals surface area (Å²) in [5.41, 5.74) is 1.42. The number of anilines is 2. The van der Waals surface area contributed by atoms with Gasteiger partial charge in [-0.1, -0.05) is 0 Å². The zero-order valence-electron chi connectivity index (χ0n) is 10.0. The molecule has 0 fully saturated rings. The molecule has 1 aromatic carbocycles. The summed E-state index contributed by atoms with van der Waals surface area (Å²) in [7, 11) is 0. The highest BCUT2D eigenvalue weighted by molar-refractivity contribution is 5.90. The van der Waals surface area contributed by atoms with Gasteiger partial charge < -0.3 is 20.5 Å². The third-order valence-corrected chi connectivity index (χ3v) is 2.72.